The van der Waals surface area contributed by atoms with E-state index in [9.17, 15) is 9.59 Å². The average molecular weight is 340 g/mol. The minimum Gasteiger partial charge on any atom is -0.354 e. The van der Waals surface area contributed by atoms with Crippen LogP contribution in [-0.2, 0) is 4.79 Å². The Labute approximate surface area is 126 Å². The van der Waals surface area contributed by atoms with Gasteiger partial charge in [0, 0.05) is 11.0 Å². The summed E-state index contributed by atoms with van der Waals surface area (Å²) in [4.78, 5) is 23.8. The molecule has 1 heterocycles. The number of hydrogen-bond donors (Lipinski definition) is 3. The third-order valence-electron chi connectivity index (χ3n) is 3.48. The second-order valence-electron chi connectivity index (χ2n) is 5.07. The summed E-state index contributed by atoms with van der Waals surface area (Å²) in [5, 5.41) is 8.25. The Balaban J connectivity index is 2.02. The Morgan fingerprint density at radius 1 is 1.45 bits per heavy atom. The number of carbonyl (C=O) groups excluding carboxylic acids is 2. The minimum absolute atomic E-state index is 0.123. The van der Waals surface area contributed by atoms with Gasteiger partial charge in [-0.1, -0.05) is 19.1 Å². The zero-order valence-corrected chi connectivity index (χ0v) is 13.1. The lowest BCUT2D eigenvalue weighted by Crippen LogP contribution is -2.55. The number of nitrogens with one attached hydrogen (secondary N) is 3. The molecule has 1 aliphatic heterocycles. The van der Waals surface area contributed by atoms with Crippen LogP contribution in [0.2, 0.25) is 0 Å². The van der Waals surface area contributed by atoms with E-state index in [4.69, 9.17) is 0 Å². The molecular weight excluding hydrogens is 322 g/mol. The molecule has 0 bridgehead atoms. The van der Waals surface area contributed by atoms with Crippen LogP contribution in [0.4, 0.5) is 10.5 Å². The molecule has 1 saturated heterocycles. The van der Waals surface area contributed by atoms with Gasteiger partial charge in [-0.25, -0.2) is 4.79 Å². The highest BCUT2D eigenvalue weighted by atomic mass is 79.9. The maximum absolute atomic E-state index is 12.0. The number of aryl methyl sites for hydroxylation is 1. The fourth-order valence-corrected chi connectivity index (χ4v) is 2.57. The van der Waals surface area contributed by atoms with Crippen LogP contribution in [-0.4, -0.2) is 24.5 Å². The van der Waals surface area contributed by atoms with E-state index >= 15 is 0 Å². The summed E-state index contributed by atoms with van der Waals surface area (Å²) >= 11 is 3.44. The predicted molar refractivity (Wildman–Crippen MR) is 81.6 cm³/mol. The number of urea groups is 1. The Kier molecular flexibility index (Phi) is 4.65. The number of benzene rings is 1. The SMILES string of the molecule is Cc1cccc(NC(=O)N[C@H]2C(=O)NCC[C@H]2C)c1Br. The normalized spacial score (nSPS) is 22.1. The van der Waals surface area contributed by atoms with Crippen molar-refractivity contribution in [3.05, 3.63) is 28.2 Å². The van der Waals surface area contributed by atoms with Crippen molar-refractivity contribution >= 4 is 33.6 Å². The predicted octanol–water partition coefficient (Wildman–Crippen LogP) is 2.40. The summed E-state index contributed by atoms with van der Waals surface area (Å²) < 4.78 is 0.844. The molecule has 3 amide bonds. The summed E-state index contributed by atoms with van der Waals surface area (Å²) in [6.45, 7) is 4.58. The van der Waals surface area contributed by atoms with Gasteiger partial charge >= 0.3 is 6.03 Å². The highest BCUT2D eigenvalue weighted by molar-refractivity contribution is 9.10. The van der Waals surface area contributed by atoms with E-state index in [2.05, 4.69) is 31.9 Å². The maximum Gasteiger partial charge on any atom is 0.319 e. The molecule has 3 N–H and O–H groups in total. The van der Waals surface area contributed by atoms with Gasteiger partial charge in [0.05, 0.1) is 5.69 Å². The zero-order valence-electron chi connectivity index (χ0n) is 11.5. The first kappa shape index (κ1) is 14.8. The van der Waals surface area contributed by atoms with Gasteiger partial charge in [-0.2, -0.15) is 0 Å². The van der Waals surface area contributed by atoms with E-state index in [0.29, 0.717) is 12.2 Å². The van der Waals surface area contributed by atoms with Crippen LogP contribution in [0.3, 0.4) is 0 Å². The molecule has 1 aliphatic rings. The first-order valence-corrected chi connectivity index (χ1v) is 7.38. The first-order valence-electron chi connectivity index (χ1n) is 6.59. The van der Waals surface area contributed by atoms with Crippen LogP contribution in [0.25, 0.3) is 0 Å². The van der Waals surface area contributed by atoms with E-state index in [-0.39, 0.29) is 17.9 Å². The average Bonchev–Trinajstić information content (AvgIpc) is 2.39. The Morgan fingerprint density at radius 2 is 2.20 bits per heavy atom. The number of hydrogen-bond acceptors (Lipinski definition) is 2. The van der Waals surface area contributed by atoms with Crippen LogP contribution in [0, 0.1) is 12.8 Å². The van der Waals surface area contributed by atoms with Crippen molar-refractivity contribution in [3.8, 4) is 0 Å². The lowest BCUT2D eigenvalue weighted by Gasteiger charge is -2.29. The monoisotopic (exact) mass is 339 g/mol. The molecule has 6 heteroatoms. The lowest BCUT2D eigenvalue weighted by molar-refractivity contribution is -0.125. The first-order chi connectivity index (χ1) is 9.49. The molecule has 1 fully saturated rings. The standard InChI is InChI=1S/C14H18BrN3O2/c1-8-4-3-5-10(11(8)15)17-14(20)18-12-9(2)6-7-16-13(12)19/h3-5,9,12H,6-7H2,1-2H3,(H,16,19)(H2,17,18,20)/t9-,12-/m1/s1. The molecule has 5 nitrogen and oxygen atoms in total. The molecule has 1 aromatic rings. The van der Waals surface area contributed by atoms with Gasteiger partial charge in [0.1, 0.15) is 6.04 Å². The molecule has 108 valence electrons. The van der Waals surface area contributed by atoms with Crippen molar-refractivity contribution in [2.45, 2.75) is 26.3 Å². The van der Waals surface area contributed by atoms with Crippen LogP contribution in [0.1, 0.15) is 18.9 Å². The fourth-order valence-electron chi connectivity index (χ4n) is 2.21. The summed E-state index contributed by atoms with van der Waals surface area (Å²) in [5.41, 5.74) is 1.72. The van der Waals surface area contributed by atoms with Crippen molar-refractivity contribution in [1.29, 1.82) is 0 Å². The van der Waals surface area contributed by atoms with Gasteiger partial charge in [0.15, 0.2) is 0 Å². The Hall–Kier alpha value is -1.56. The summed E-state index contributed by atoms with van der Waals surface area (Å²) in [5.74, 6) is 0.0117. The molecule has 1 aromatic carbocycles. The third-order valence-corrected chi connectivity index (χ3v) is 4.53. The van der Waals surface area contributed by atoms with E-state index in [1.807, 2.05) is 26.0 Å². The van der Waals surface area contributed by atoms with E-state index in [1.54, 1.807) is 6.07 Å². The number of carbonyl (C=O) groups is 2. The van der Waals surface area contributed by atoms with Gasteiger partial charge in [-0.15, -0.1) is 0 Å². The highest BCUT2D eigenvalue weighted by Gasteiger charge is 2.30. The molecule has 20 heavy (non-hydrogen) atoms. The molecule has 2 rings (SSSR count). The van der Waals surface area contributed by atoms with Crippen molar-refractivity contribution in [2.24, 2.45) is 5.92 Å². The fraction of sp³-hybridized carbons (Fsp3) is 0.429. The largest absolute Gasteiger partial charge is 0.354 e. The second kappa shape index (κ2) is 6.26. The molecule has 0 spiro atoms. The van der Waals surface area contributed by atoms with Gasteiger partial charge in [0.25, 0.3) is 0 Å². The third kappa shape index (κ3) is 3.30. The number of halogens is 1. The molecule has 0 saturated carbocycles. The Morgan fingerprint density at radius 3 is 2.90 bits per heavy atom. The number of anilines is 1. The smallest absolute Gasteiger partial charge is 0.319 e. The molecule has 2 atom stereocenters. The van der Waals surface area contributed by atoms with Crippen molar-refractivity contribution in [3.63, 3.8) is 0 Å². The van der Waals surface area contributed by atoms with Gasteiger partial charge in [-0.05, 0) is 46.8 Å². The van der Waals surface area contributed by atoms with Crippen LogP contribution in [0.15, 0.2) is 22.7 Å². The number of piperidine rings is 1. The van der Waals surface area contributed by atoms with Gasteiger partial charge in [-0.3, -0.25) is 4.79 Å². The lowest BCUT2D eigenvalue weighted by atomic mass is 9.94. The summed E-state index contributed by atoms with van der Waals surface area (Å²) in [6.07, 6.45) is 0.866. The number of amides is 3. The van der Waals surface area contributed by atoms with Gasteiger partial charge in [0.2, 0.25) is 5.91 Å². The maximum atomic E-state index is 12.0. The van der Waals surface area contributed by atoms with E-state index < -0.39 is 6.04 Å². The van der Waals surface area contributed by atoms with Crippen molar-refractivity contribution < 1.29 is 9.59 Å². The van der Waals surface area contributed by atoms with E-state index in [0.717, 1.165) is 16.5 Å². The van der Waals surface area contributed by atoms with Crippen LogP contribution < -0.4 is 16.0 Å². The Bertz CT molecular complexity index is 533. The van der Waals surface area contributed by atoms with Crippen molar-refractivity contribution in [2.75, 3.05) is 11.9 Å². The highest BCUT2D eigenvalue weighted by Crippen LogP contribution is 2.25. The zero-order chi connectivity index (χ0) is 14.7. The van der Waals surface area contributed by atoms with Crippen LogP contribution in [0.5, 0.6) is 0 Å². The molecule has 0 aliphatic carbocycles. The molecular formula is C14H18BrN3O2. The summed E-state index contributed by atoms with van der Waals surface area (Å²) in [7, 11) is 0. The number of rotatable bonds is 2. The quantitative estimate of drug-likeness (QED) is 0.774. The van der Waals surface area contributed by atoms with Crippen molar-refractivity contribution in [1.82, 2.24) is 10.6 Å². The molecule has 0 aromatic heterocycles. The topological polar surface area (TPSA) is 70.2 Å². The minimum atomic E-state index is -0.479. The van der Waals surface area contributed by atoms with Gasteiger partial charge < -0.3 is 16.0 Å². The summed E-state index contributed by atoms with van der Waals surface area (Å²) in [6, 6.07) is 4.77. The molecule has 0 unspecified atom stereocenters. The molecule has 0 radical (unpaired) electrons. The van der Waals surface area contributed by atoms with Crippen LogP contribution >= 0.6 is 15.9 Å². The second-order valence-corrected chi connectivity index (χ2v) is 5.86. The van der Waals surface area contributed by atoms with E-state index in [1.165, 1.54) is 0 Å².